The second-order valence-corrected chi connectivity index (χ2v) is 57.0. The van der Waals surface area contributed by atoms with E-state index in [0.717, 1.165) is 0 Å². The largest absolute Gasteiger partial charge is 0.0596 e. The summed E-state index contributed by atoms with van der Waals surface area (Å²) in [5, 5.41) is 0. The van der Waals surface area contributed by atoms with Crippen molar-refractivity contribution in [3.63, 3.8) is 0 Å². The zero-order chi connectivity index (χ0) is 88.0. The van der Waals surface area contributed by atoms with Gasteiger partial charge in [0.05, 0.1) is 0 Å². The third kappa shape index (κ3) is 16.4. The van der Waals surface area contributed by atoms with Crippen LogP contribution in [-0.2, 0) is 0 Å². The molecule has 0 spiro atoms. The van der Waals surface area contributed by atoms with E-state index in [2.05, 4.69) is 499 Å². The normalized spacial score (nSPS) is 16.8. The van der Waals surface area contributed by atoms with Crippen molar-refractivity contribution in [3.05, 3.63) is 0 Å². The molecule has 0 saturated carbocycles. The van der Waals surface area contributed by atoms with Crippen LogP contribution < -0.4 is 0 Å². The Morgan fingerprint density at radius 3 is 0.106 bits per heavy atom. The molecule has 0 heteroatoms. The highest BCUT2D eigenvalue weighted by Crippen LogP contribution is 2.77. The van der Waals surface area contributed by atoms with Crippen LogP contribution in [0.1, 0.15) is 499 Å². The SMILES string of the molecule is CC(C)(C)C(C)(C)C(C)(C)C(C)(C)C(C)(C)C(C)(C)C(C)(C)C(C)(C)C.CC(C)(C)C(C)(C)C(C)(C)C(C)(C)C(C)(C)C(C)(C)C(C)(C)C(C)(C)C.CC(C)(C)C(C)(C)C(C)(C)C(C)(C)C(C)(C)C(C)(C)C(C)(C)C(C)(C)C.CC(C)(C)C(C)(C)C(C)(C)C(C)(C)C(C)(C)C(C)(C)C(C)(C)C(C)(C)C. The average molecular weight is 1470 g/mol. The van der Waals surface area contributed by atoms with Gasteiger partial charge in [-0.05, 0) is 173 Å². The third-order valence-electron chi connectivity index (χ3n) is 46.2. The molecule has 0 aromatic carbocycles. The van der Waals surface area contributed by atoms with E-state index in [1.54, 1.807) is 0 Å². The second kappa shape index (κ2) is 29.1. The van der Waals surface area contributed by atoms with Crippen molar-refractivity contribution in [1.82, 2.24) is 0 Å². The summed E-state index contributed by atoms with van der Waals surface area (Å²) in [6.07, 6.45) is 0. The van der Waals surface area contributed by atoms with Gasteiger partial charge in [0.1, 0.15) is 0 Å². The van der Waals surface area contributed by atoms with Crippen molar-refractivity contribution in [2.75, 3.05) is 0 Å². The maximum absolute atomic E-state index is 2.53. The Balaban J connectivity index is -0.000000641. The first-order valence-electron chi connectivity index (χ1n) is 43.0. The minimum atomic E-state index is 0.142. The Hall–Kier alpha value is 0. The Morgan fingerprint density at radius 1 is 0.0481 bits per heavy atom. The van der Waals surface area contributed by atoms with Crippen LogP contribution in [0.25, 0.3) is 0 Å². The lowest BCUT2D eigenvalue weighted by molar-refractivity contribution is -0.207. The van der Waals surface area contributed by atoms with Crippen molar-refractivity contribution in [2.24, 2.45) is 173 Å². The van der Waals surface area contributed by atoms with Gasteiger partial charge in [-0.3, -0.25) is 0 Å². The Kier molecular flexibility index (Phi) is 30.8. The lowest BCUT2D eigenvalue weighted by Crippen LogP contribution is -2.62. The molecule has 0 amide bonds. The van der Waals surface area contributed by atoms with Crippen LogP contribution in [0, 0.1) is 173 Å². The van der Waals surface area contributed by atoms with Crippen LogP contribution in [0.5, 0.6) is 0 Å². The van der Waals surface area contributed by atoms with Crippen molar-refractivity contribution in [3.8, 4) is 0 Å². The summed E-state index contributed by atoms with van der Waals surface area (Å²) in [5.41, 5.74) is 5.94. The van der Waals surface area contributed by atoms with Crippen molar-refractivity contribution in [2.45, 2.75) is 499 Å². The van der Waals surface area contributed by atoms with Crippen LogP contribution in [0.3, 0.4) is 0 Å². The Morgan fingerprint density at radius 2 is 0.0769 bits per heavy atom. The minimum Gasteiger partial charge on any atom is -0.0596 e. The fourth-order valence-electron chi connectivity index (χ4n) is 20.0. The van der Waals surface area contributed by atoms with Crippen molar-refractivity contribution >= 4 is 0 Å². The van der Waals surface area contributed by atoms with E-state index in [0.29, 0.717) is 0 Å². The molecule has 0 fully saturated rings. The predicted octanol–water partition coefficient (Wildman–Crippen LogP) is 36.9. The van der Waals surface area contributed by atoms with Gasteiger partial charge in [0.25, 0.3) is 0 Å². The lowest BCUT2D eigenvalue weighted by Gasteiger charge is -2.69. The zero-order valence-corrected chi connectivity index (χ0v) is 88.0. The molecule has 0 radical (unpaired) electrons. The molecule has 0 bridgehead atoms. The van der Waals surface area contributed by atoms with Gasteiger partial charge in [-0.1, -0.05) is 499 Å². The molecule has 104 heavy (non-hydrogen) atoms. The molecule has 0 saturated heterocycles. The van der Waals surface area contributed by atoms with E-state index in [1.807, 2.05) is 0 Å². The van der Waals surface area contributed by atoms with Gasteiger partial charge in [0.2, 0.25) is 0 Å². The summed E-state index contributed by atoms with van der Waals surface area (Å²) in [5.74, 6) is 0. The van der Waals surface area contributed by atoms with Gasteiger partial charge in [-0.25, -0.2) is 0 Å². The molecule has 0 unspecified atom stereocenters. The van der Waals surface area contributed by atoms with Crippen LogP contribution in [-0.4, -0.2) is 0 Å². The molecule has 0 heterocycles. The molecule has 0 nitrogen and oxygen atoms in total. The fraction of sp³-hybridized carbons (Fsp3) is 1.00. The predicted molar refractivity (Wildman–Crippen MR) is 486 cm³/mol. The maximum atomic E-state index is 2.53. The van der Waals surface area contributed by atoms with E-state index in [4.69, 9.17) is 0 Å². The quantitative estimate of drug-likeness (QED) is 0.114. The molecular weight excluding hydrogens is 1250 g/mol. The fourth-order valence-corrected chi connectivity index (χ4v) is 20.0. The van der Waals surface area contributed by atoms with E-state index in [1.165, 1.54) is 0 Å². The smallest absolute Gasteiger partial charge is 0.0241 e. The highest BCUT2D eigenvalue weighted by Gasteiger charge is 2.70. The van der Waals surface area contributed by atoms with Crippen LogP contribution >= 0.6 is 0 Å². The Bertz CT molecular complexity index is 2160. The highest BCUT2D eigenvalue weighted by molar-refractivity contribution is 5.18. The molecule has 0 atom stereocenters. The lowest BCUT2D eigenvalue weighted by atomic mass is 9.36. The molecule has 632 valence electrons. The van der Waals surface area contributed by atoms with Gasteiger partial charge in [0.15, 0.2) is 0 Å². The third-order valence-corrected chi connectivity index (χ3v) is 46.2. The van der Waals surface area contributed by atoms with E-state index in [9.17, 15) is 0 Å². The summed E-state index contributed by atoms with van der Waals surface area (Å²) in [6, 6.07) is 0. The van der Waals surface area contributed by atoms with E-state index in [-0.39, 0.29) is 173 Å². The highest BCUT2D eigenvalue weighted by atomic mass is 14.7. The molecular formula is C104H216. The summed E-state index contributed by atoms with van der Waals surface area (Å²) in [4.78, 5) is 0. The van der Waals surface area contributed by atoms with Gasteiger partial charge in [-0.2, -0.15) is 0 Å². The number of hydrogen-bond donors (Lipinski definition) is 0. The first-order valence-corrected chi connectivity index (χ1v) is 43.0. The van der Waals surface area contributed by atoms with Crippen molar-refractivity contribution < 1.29 is 0 Å². The summed E-state index contributed by atoms with van der Waals surface area (Å²) >= 11 is 0. The van der Waals surface area contributed by atoms with E-state index < -0.39 is 0 Å². The first kappa shape index (κ1) is 110. The molecule has 0 aliphatic heterocycles. The molecule has 0 rings (SSSR count). The topological polar surface area (TPSA) is 0 Å². The van der Waals surface area contributed by atoms with Gasteiger partial charge >= 0.3 is 0 Å². The van der Waals surface area contributed by atoms with Gasteiger partial charge < -0.3 is 0 Å². The standard InChI is InChI=1S/4C26H54/c4*1-19(2,3)21(7,8)23(11,12)25(15,16)26(17,18)24(13,14)22(9,10)20(4,5)6/h4*1-18H3. The van der Waals surface area contributed by atoms with Gasteiger partial charge in [0, 0.05) is 0 Å². The Labute approximate surface area is 667 Å². The van der Waals surface area contributed by atoms with Crippen molar-refractivity contribution in [1.29, 1.82) is 0 Å². The average Bonchev–Trinajstić information content (AvgIpc) is 0.713. The summed E-state index contributed by atoms with van der Waals surface area (Å²) in [6.45, 7) is 178. The molecule has 0 aliphatic rings. The second-order valence-electron chi connectivity index (χ2n) is 57.0. The number of hydrogen-bond acceptors (Lipinski definition) is 0. The minimum absolute atomic E-state index is 0.142. The van der Waals surface area contributed by atoms with Crippen LogP contribution in [0.4, 0.5) is 0 Å². The molecule has 0 aliphatic carbocycles. The molecule has 0 aromatic rings. The molecule has 0 aromatic heterocycles. The van der Waals surface area contributed by atoms with Crippen LogP contribution in [0.2, 0.25) is 0 Å². The summed E-state index contributed by atoms with van der Waals surface area (Å²) < 4.78 is 0. The van der Waals surface area contributed by atoms with Crippen LogP contribution in [0.15, 0.2) is 0 Å². The van der Waals surface area contributed by atoms with Gasteiger partial charge in [-0.15, -0.1) is 0 Å². The number of rotatable bonds is 20. The molecule has 0 N–H and O–H groups in total. The maximum Gasteiger partial charge on any atom is -0.0241 e. The summed E-state index contributed by atoms with van der Waals surface area (Å²) in [7, 11) is 0. The van der Waals surface area contributed by atoms with E-state index >= 15 is 0 Å². The monoisotopic (exact) mass is 1470 g/mol. The first-order chi connectivity index (χ1) is 43.0. The zero-order valence-electron chi connectivity index (χ0n) is 88.0.